The number of rotatable bonds is 4. The van der Waals surface area contributed by atoms with E-state index in [2.05, 4.69) is 0 Å². The van der Waals surface area contributed by atoms with Gasteiger partial charge in [-0.1, -0.05) is 48.9 Å². The molecule has 0 aliphatic rings. The van der Waals surface area contributed by atoms with Crippen LogP contribution in [-0.2, 0) is 4.79 Å². The van der Waals surface area contributed by atoms with Crippen LogP contribution in [0.1, 0.15) is 24.8 Å². The van der Waals surface area contributed by atoms with Gasteiger partial charge in [-0.2, -0.15) is 0 Å². The number of esters is 1. The first-order valence-electron chi connectivity index (χ1n) is 6.16. The third-order valence-corrected chi connectivity index (χ3v) is 3.14. The summed E-state index contributed by atoms with van der Waals surface area (Å²) < 4.78 is 5.26. The van der Waals surface area contributed by atoms with Crippen LogP contribution in [0.15, 0.2) is 54.6 Å². The van der Waals surface area contributed by atoms with Crippen molar-refractivity contribution in [3.8, 4) is 5.75 Å². The molecule has 19 heavy (non-hydrogen) atoms. The Morgan fingerprint density at radius 3 is 2.37 bits per heavy atom. The standard InChI is InChI=1S/C16H15ClO2/c1-12(13-5-3-2-4-6-13)11-16(18)19-15-9-7-14(17)8-10-15/h2-10,12H,11H2,1H3. The summed E-state index contributed by atoms with van der Waals surface area (Å²) in [5.41, 5.74) is 1.13. The van der Waals surface area contributed by atoms with E-state index in [-0.39, 0.29) is 11.9 Å². The van der Waals surface area contributed by atoms with Gasteiger partial charge in [0.05, 0.1) is 6.42 Å². The lowest BCUT2D eigenvalue weighted by molar-refractivity contribution is -0.134. The quantitative estimate of drug-likeness (QED) is 0.609. The van der Waals surface area contributed by atoms with Gasteiger partial charge in [-0.05, 0) is 35.7 Å². The molecule has 3 heteroatoms. The lowest BCUT2D eigenvalue weighted by atomic mass is 9.98. The van der Waals surface area contributed by atoms with Crippen molar-refractivity contribution in [1.29, 1.82) is 0 Å². The Hall–Kier alpha value is -1.80. The van der Waals surface area contributed by atoms with E-state index in [4.69, 9.17) is 16.3 Å². The van der Waals surface area contributed by atoms with E-state index >= 15 is 0 Å². The molecule has 2 rings (SSSR count). The Balaban J connectivity index is 1.93. The van der Waals surface area contributed by atoms with Crippen molar-refractivity contribution in [2.24, 2.45) is 0 Å². The molecule has 0 N–H and O–H groups in total. The van der Waals surface area contributed by atoms with Crippen molar-refractivity contribution < 1.29 is 9.53 Å². The van der Waals surface area contributed by atoms with Crippen LogP contribution >= 0.6 is 11.6 Å². The number of carbonyl (C=O) groups is 1. The Morgan fingerprint density at radius 2 is 1.74 bits per heavy atom. The molecule has 2 aromatic carbocycles. The molecule has 1 atom stereocenters. The molecule has 0 radical (unpaired) electrons. The molecular weight excluding hydrogens is 260 g/mol. The third-order valence-electron chi connectivity index (χ3n) is 2.89. The van der Waals surface area contributed by atoms with E-state index in [1.165, 1.54) is 0 Å². The SMILES string of the molecule is CC(CC(=O)Oc1ccc(Cl)cc1)c1ccccc1. The maximum absolute atomic E-state index is 11.8. The van der Waals surface area contributed by atoms with Crippen molar-refractivity contribution in [3.63, 3.8) is 0 Å². The summed E-state index contributed by atoms with van der Waals surface area (Å²) in [4.78, 5) is 11.8. The van der Waals surface area contributed by atoms with Crippen molar-refractivity contribution in [2.75, 3.05) is 0 Å². The molecule has 0 spiro atoms. The molecule has 0 saturated carbocycles. The highest BCUT2D eigenvalue weighted by Crippen LogP contribution is 2.21. The minimum atomic E-state index is -0.237. The summed E-state index contributed by atoms with van der Waals surface area (Å²) in [5, 5.41) is 0.623. The fraction of sp³-hybridized carbons (Fsp3) is 0.188. The highest BCUT2D eigenvalue weighted by molar-refractivity contribution is 6.30. The zero-order chi connectivity index (χ0) is 13.7. The minimum absolute atomic E-state index is 0.140. The van der Waals surface area contributed by atoms with Crippen LogP contribution in [0.2, 0.25) is 5.02 Å². The Morgan fingerprint density at radius 1 is 1.11 bits per heavy atom. The first-order valence-corrected chi connectivity index (χ1v) is 6.54. The molecular formula is C16H15ClO2. The van der Waals surface area contributed by atoms with Crippen LogP contribution in [0.4, 0.5) is 0 Å². The topological polar surface area (TPSA) is 26.3 Å². The van der Waals surface area contributed by atoms with Crippen molar-refractivity contribution in [3.05, 3.63) is 65.2 Å². The van der Waals surface area contributed by atoms with Gasteiger partial charge in [-0.15, -0.1) is 0 Å². The monoisotopic (exact) mass is 274 g/mol. The van der Waals surface area contributed by atoms with Gasteiger partial charge in [0.1, 0.15) is 5.75 Å². The van der Waals surface area contributed by atoms with Gasteiger partial charge in [0, 0.05) is 5.02 Å². The molecule has 2 aromatic rings. The van der Waals surface area contributed by atoms with E-state index < -0.39 is 0 Å². The van der Waals surface area contributed by atoms with Gasteiger partial charge in [0.25, 0.3) is 0 Å². The summed E-state index contributed by atoms with van der Waals surface area (Å²) in [6, 6.07) is 16.7. The fourth-order valence-corrected chi connectivity index (χ4v) is 1.95. The number of hydrogen-bond donors (Lipinski definition) is 0. The van der Waals surface area contributed by atoms with Crippen LogP contribution in [0.5, 0.6) is 5.75 Å². The van der Waals surface area contributed by atoms with Crippen molar-refractivity contribution in [2.45, 2.75) is 19.3 Å². The Bertz CT molecular complexity index is 534. The van der Waals surface area contributed by atoms with Crippen LogP contribution in [0.3, 0.4) is 0 Å². The van der Waals surface area contributed by atoms with Gasteiger partial charge in [-0.25, -0.2) is 0 Å². The van der Waals surface area contributed by atoms with E-state index in [1.54, 1.807) is 24.3 Å². The average molecular weight is 275 g/mol. The second-order valence-corrected chi connectivity index (χ2v) is 4.88. The average Bonchev–Trinajstić information content (AvgIpc) is 2.42. The summed E-state index contributed by atoms with van der Waals surface area (Å²) in [7, 11) is 0. The molecule has 0 heterocycles. The highest BCUT2D eigenvalue weighted by atomic mass is 35.5. The maximum atomic E-state index is 11.8. The predicted molar refractivity (Wildman–Crippen MR) is 76.6 cm³/mol. The van der Waals surface area contributed by atoms with Gasteiger partial charge in [0.15, 0.2) is 0 Å². The van der Waals surface area contributed by atoms with Gasteiger partial charge >= 0.3 is 5.97 Å². The number of ether oxygens (including phenoxy) is 1. The number of hydrogen-bond acceptors (Lipinski definition) is 2. The zero-order valence-corrected chi connectivity index (χ0v) is 11.4. The molecule has 98 valence electrons. The third kappa shape index (κ3) is 4.11. The number of benzene rings is 2. The molecule has 0 fully saturated rings. The second-order valence-electron chi connectivity index (χ2n) is 4.44. The van der Waals surface area contributed by atoms with Crippen LogP contribution in [-0.4, -0.2) is 5.97 Å². The normalized spacial score (nSPS) is 11.9. The Kier molecular flexibility index (Phi) is 4.58. The summed E-state index contributed by atoms with van der Waals surface area (Å²) >= 11 is 5.77. The fourth-order valence-electron chi connectivity index (χ4n) is 1.83. The molecule has 1 unspecified atom stereocenters. The molecule has 0 aliphatic heterocycles. The molecule has 0 bridgehead atoms. The molecule has 2 nitrogen and oxygen atoms in total. The van der Waals surface area contributed by atoms with Crippen LogP contribution in [0, 0.1) is 0 Å². The highest BCUT2D eigenvalue weighted by Gasteiger charge is 2.12. The summed E-state index contributed by atoms with van der Waals surface area (Å²) in [6.07, 6.45) is 0.354. The van der Waals surface area contributed by atoms with Gasteiger partial charge in [-0.3, -0.25) is 4.79 Å². The molecule has 0 amide bonds. The largest absolute Gasteiger partial charge is 0.427 e. The van der Waals surface area contributed by atoms with E-state index in [1.807, 2.05) is 37.3 Å². The van der Waals surface area contributed by atoms with E-state index in [0.29, 0.717) is 17.2 Å². The van der Waals surface area contributed by atoms with Crippen molar-refractivity contribution in [1.82, 2.24) is 0 Å². The van der Waals surface area contributed by atoms with E-state index in [9.17, 15) is 4.79 Å². The second kappa shape index (κ2) is 6.39. The smallest absolute Gasteiger partial charge is 0.311 e. The molecule has 0 aliphatic carbocycles. The zero-order valence-electron chi connectivity index (χ0n) is 10.7. The Labute approximate surface area is 118 Å². The van der Waals surface area contributed by atoms with Crippen molar-refractivity contribution >= 4 is 17.6 Å². The predicted octanol–water partition coefficient (Wildman–Crippen LogP) is 4.44. The molecule has 0 saturated heterocycles. The van der Waals surface area contributed by atoms with Gasteiger partial charge < -0.3 is 4.74 Å². The minimum Gasteiger partial charge on any atom is -0.427 e. The van der Waals surface area contributed by atoms with Gasteiger partial charge in [0.2, 0.25) is 0 Å². The first kappa shape index (κ1) is 13.6. The van der Waals surface area contributed by atoms with E-state index in [0.717, 1.165) is 5.56 Å². The lowest BCUT2D eigenvalue weighted by Gasteiger charge is -2.11. The number of carbonyl (C=O) groups excluding carboxylic acids is 1. The summed E-state index contributed by atoms with van der Waals surface area (Å²) in [6.45, 7) is 2.01. The molecule has 0 aromatic heterocycles. The number of halogens is 1. The van der Waals surface area contributed by atoms with Crippen LogP contribution in [0.25, 0.3) is 0 Å². The summed E-state index contributed by atoms with van der Waals surface area (Å²) in [5.74, 6) is 0.425. The maximum Gasteiger partial charge on any atom is 0.311 e. The van der Waals surface area contributed by atoms with Crippen LogP contribution < -0.4 is 4.74 Å². The first-order chi connectivity index (χ1) is 9.15. The lowest BCUT2D eigenvalue weighted by Crippen LogP contribution is -2.11.